The molecule has 0 aromatic rings. The Bertz CT molecular complexity index is 1210. The van der Waals surface area contributed by atoms with E-state index in [1.165, 1.54) is 167 Å². The Balaban J connectivity index is 4.11. The number of allylic oxidation sites excluding steroid dienone is 6. The summed E-state index contributed by atoms with van der Waals surface area (Å²) in [5.74, 6) is -0.841. The highest BCUT2D eigenvalue weighted by molar-refractivity contribution is 7.45. The predicted molar refractivity (Wildman–Crippen MR) is 277 cm³/mol. The Hall–Kier alpha value is -1.77. The van der Waals surface area contributed by atoms with Crippen molar-refractivity contribution in [2.24, 2.45) is 0 Å². The molecule has 388 valence electrons. The number of phosphoric ester groups is 1. The zero-order valence-electron chi connectivity index (χ0n) is 43.9. The molecule has 0 bridgehead atoms. The normalized spacial score (nSPS) is 13.6. The van der Waals surface area contributed by atoms with Gasteiger partial charge in [-0.1, -0.05) is 211 Å². The molecule has 0 aliphatic rings. The van der Waals surface area contributed by atoms with E-state index in [0.717, 1.165) is 57.8 Å². The van der Waals surface area contributed by atoms with Gasteiger partial charge in [0.2, 0.25) is 0 Å². The molecule has 0 N–H and O–H groups in total. The Morgan fingerprint density at radius 2 is 0.818 bits per heavy atom. The molecule has 0 rings (SSSR count). The molecule has 9 nitrogen and oxygen atoms in total. The van der Waals surface area contributed by atoms with Gasteiger partial charge in [-0.05, 0) is 70.6 Å². The second-order valence-corrected chi connectivity index (χ2v) is 21.4. The lowest BCUT2D eigenvalue weighted by Gasteiger charge is -2.28. The number of ether oxygens (including phenoxy) is 2. The van der Waals surface area contributed by atoms with Crippen molar-refractivity contribution in [1.82, 2.24) is 0 Å². The van der Waals surface area contributed by atoms with Crippen LogP contribution in [0.3, 0.4) is 0 Å². The van der Waals surface area contributed by atoms with Crippen LogP contribution in [0, 0.1) is 0 Å². The van der Waals surface area contributed by atoms with Crippen LogP contribution in [0.1, 0.15) is 258 Å². The summed E-state index contributed by atoms with van der Waals surface area (Å²) in [6.45, 7) is 4.22. The number of quaternary nitrogens is 1. The van der Waals surface area contributed by atoms with Crippen LogP contribution in [0.15, 0.2) is 36.5 Å². The van der Waals surface area contributed by atoms with Crippen molar-refractivity contribution in [3.05, 3.63) is 36.5 Å². The van der Waals surface area contributed by atoms with Crippen molar-refractivity contribution >= 4 is 19.8 Å². The van der Waals surface area contributed by atoms with E-state index >= 15 is 0 Å². The fraction of sp³-hybridized carbons (Fsp3) is 0.857. The highest BCUT2D eigenvalue weighted by atomic mass is 31.2. The molecule has 0 aliphatic heterocycles. The largest absolute Gasteiger partial charge is 0.756 e. The fourth-order valence-corrected chi connectivity index (χ4v) is 8.53. The minimum absolute atomic E-state index is 0.0329. The van der Waals surface area contributed by atoms with Crippen LogP contribution in [0.5, 0.6) is 0 Å². The number of phosphoric acid groups is 1. The number of hydrogen-bond donors (Lipinski definition) is 0. The summed E-state index contributed by atoms with van der Waals surface area (Å²) in [4.78, 5) is 37.7. The standard InChI is InChI=1S/C56H106NO8P/c1-6-8-10-12-14-16-18-20-22-23-24-25-26-27-28-29-30-31-32-33-35-36-38-40-42-44-46-48-55(58)62-52-54(53-64-66(60,61)63-51-50-57(3,4)5)65-56(59)49-47-45-43-41-39-37-34-21-19-17-15-13-11-9-7-2/h15,17,21,23-24,34,54H,6-14,16,18-20,22,25-33,35-53H2,1-5H3/b17-15-,24-23-,34-21-. The molecule has 2 unspecified atom stereocenters. The van der Waals surface area contributed by atoms with Crippen molar-refractivity contribution in [1.29, 1.82) is 0 Å². The van der Waals surface area contributed by atoms with Crippen molar-refractivity contribution in [3.63, 3.8) is 0 Å². The third-order valence-electron chi connectivity index (χ3n) is 12.1. The minimum Gasteiger partial charge on any atom is -0.756 e. The average Bonchev–Trinajstić information content (AvgIpc) is 3.27. The minimum atomic E-state index is -4.63. The van der Waals surface area contributed by atoms with Gasteiger partial charge in [-0.25, -0.2) is 0 Å². The monoisotopic (exact) mass is 952 g/mol. The number of carbonyl (C=O) groups excluding carboxylic acids is 2. The Labute approximate surface area is 408 Å². The van der Waals surface area contributed by atoms with E-state index in [0.29, 0.717) is 17.4 Å². The first kappa shape index (κ1) is 64.2. The van der Waals surface area contributed by atoms with Crippen LogP contribution in [-0.4, -0.2) is 70.0 Å². The molecule has 0 aromatic heterocycles. The predicted octanol–water partition coefficient (Wildman–Crippen LogP) is 16.2. The van der Waals surface area contributed by atoms with E-state index in [1.54, 1.807) is 0 Å². The van der Waals surface area contributed by atoms with Gasteiger partial charge in [0, 0.05) is 12.8 Å². The number of carbonyl (C=O) groups is 2. The van der Waals surface area contributed by atoms with E-state index < -0.39 is 26.5 Å². The van der Waals surface area contributed by atoms with E-state index in [4.69, 9.17) is 18.5 Å². The number of rotatable bonds is 51. The molecule has 0 radical (unpaired) electrons. The van der Waals surface area contributed by atoms with E-state index in [1.807, 2.05) is 21.1 Å². The molecule has 0 aliphatic carbocycles. The van der Waals surface area contributed by atoms with Crippen molar-refractivity contribution < 1.29 is 42.1 Å². The van der Waals surface area contributed by atoms with Gasteiger partial charge in [0.15, 0.2) is 6.10 Å². The third-order valence-corrected chi connectivity index (χ3v) is 13.1. The quantitative estimate of drug-likeness (QED) is 0.0195. The lowest BCUT2D eigenvalue weighted by molar-refractivity contribution is -0.870. The van der Waals surface area contributed by atoms with Crippen molar-refractivity contribution in [2.75, 3.05) is 47.5 Å². The van der Waals surface area contributed by atoms with Crippen molar-refractivity contribution in [2.45, 2.75) is 264 Å². The summed E-state index contributed by atoms with van der Waals surface area (Å²) in [6, 6.07) is 0. The summed E-state index contributed by atoms with van der Waals surface area (Å²) in [7, 11) is 1.16. The van der Waals surface area contributed by atoms with Crippen LogP contribution in [0.2, 0.25) is 0 Å². The van der Waals surface area contributed by atoms with Crippen LogP contribution in [-0.2, 0) is 32.7 Å². The summed E-state index contributed by atoms with van der Waals surface area (Å²) in [5, 5.41) is 0. The zero-order valence-corrected chi connectivity index (χ0v) is 44.8. The summed E-state index contributed by atoms with van der Waals surface area (Å²) in [5.41, 5.74) is 0. The molecule has 0 aromatic carbocycles. The van der Waals surface area contributed by atoms with Gasteiger partial charge in [0.25, 0.3) is 7.82 Å². The average molecular weight is 952 g/mol. The SMILES string of the molecule is CCCCC/C=C\C/C=C\CCCCCCCC(=O)OC(COC(=O)CCCCCCCCCCCCCCCCC/C=C\CCCCCCCCCC)COP(=O)([O-])OCC[N+](C)(C)C. The highest BCUT2D eigenvalue weighted by Gasteiger charge is 2.21. The molecule has 10 heteroatoms. The van der Waals surface area contributed by atoms with Gasteiger partial charge >= 0.3 is 11.9 Å². The van der Waals surface area contributed by atoms with Crippen LogP contribution in [0.4, 0.5) is 0 Å². The summed E-state index contributed by atoms with van der Waals surface area (Å²) < 4.78 is 34.1. The highest BCUT2D eigenvalue weighted by Crippen LogP contribution is 2.38. The van der Waals surface area contributed by atoms with Crippen molar-refractivity contribution in [3.8, 4) is 0 Å². The van der Waals surface area contributed by atoms with Gasteiger partial charge in [0.05, 0.1) is 27.7 Å². The maximum atomic E-state index is 12.7. The van der Waals surface area contributed by atoms with Gasteiger partial charge in [-0.15, -0.1) is 0 Å². The molecule has 0 saturated heterocycles. The van der Waals surface area contributed by atoms with Gasteiger partial charge in [-0.3, -0.25) is 14.2 Å². The number of hydrogen-bond acceptors (Lipinski definition) is 8. The topological polar surface area (TPSA) is 111 Å². The Morgan fingerprint density at radius 3 is 1.24 bits per heavy atom. The molecule has 0 amide bonds. The number of unbranched alkanes of at least 4 members (excludes halogenated alkanes) is 31. The Morgan fingerprint density at radius 1 is 0.470 bits per heavy atom. The molecule has 0 saturated carbocycles. The molecule has 2 atom stereocenters. The molecule has 0 fully saturated rings. The van der Waals surface area contributed by atoms with Gasteiger partial charge in [-0.2, -0.15) is 0 Å². The number of likely N-dealkylation sites (N-methyl/N-ethyl adjacent to an activating group) is 1. The number of nitrogens with zero attached hydrogens (tertiary/aromatic N) is 1. The third kappa shape index (κ3) is 51.6. The zero-order chi connectivity index (χ0) is 48.5. The van der Waals surface area contributed by atoms with E-state index in [2.05, 4.69) is 50.3 Å². The first-order chi connectivity index (χ1) is 32.0. The smallest absolute Gasteiger partial charge is 0.306 e. The molecular weight excluding hydrogens is 846 g/mol. The second kappa shape index (κ2) is 48.3. The second-order valence-electron chi connectivity index (χ2n) is 19.9. The molecule has 0 heterocycles. The van der Waals surface area contributed by atoms with Crippen LogP contribution in [0.25, 0.3) is 0 Å². The lowest BCUT2D eigenvalue weighted by atomic mass is 10.0. The maximum Gasteiger partial charge on any atom is 0.306 e. The number of esters is 2. The van der Waals surface area contributed by atoms with Crippen LogP contribution < -0.4 is 4.89 Å². The fourth-order valence-electron chi connectivity index (χ4n) is 7.80. The van der Waals surface area contributed by atoms with E-state index in [9.17, 15) is 19.0 Å². The maximum absolute atomic E-state index is 12.7. The van der Waals surface area contributed by atoms with Crippen LogP contribution >= 0.6 is 7.82 Å². The molecular formula is C56H106NO8P. The van der Waals surface area contributed by atoms with Gasteiger partial charge < -0.3 is 27.9 Å². The summed E-state index contributed by atoms with van der Waals surface area (Å²) >= 11 is 0. The Kier molecular flexibility index (Phi) is 47.0. The summed E-state index contributed by atoms with van der Waals surface area (Å²) in [6.07, 6.45) is 57.6. The first-order valence-electron chi connectivity index (χ1n) is 27.7. The van der Waals surface area contributed by atoms with Gasteiger partial charge in [0.1, 0.15) is 19.8 Å². The first-order valence-corrected chi connectivity index (χ1v) is 29.2. The molecule has 66 heavy (non-hydrogen) atoms. The molecule has 0 spiro atoms. The van der Waals surface area contributed by atoms with E-state index in [-0.39, 0.29) is 32.0 Å². The lowest BCUT2D eigenvalue weighted by Crippen LogP contribution is -2.37.